The summed E-state index contributed by atoms with van der Waals surface area (Å²) in [4.78, 5) is 32.3. The first-order valence-electron chi connectivity index (χ1n) is 13.3. The maximum absolute atomic E-state index is 13.4. The van der Waals surface area contributed by atoms with Crippen molar-refractivity contribution >= 4 is 17.4 Å². The summed E-state index contributed by atoms with van der Waals surface area (Å²) < 4.78 is 11.5. The Bertz CT molecular complexity index is 1600. The fourth-order valence-electron chi connectivity index (χ4n) is 4.85. The lowest BCUT2D eigenvalue weighted by molar-refractivity contribution is -0.140. The van der Waals surface area contributed by atoms with Crippen LogP contribution in [-0.4, -0.2) is 38.4 Å². The first-order chi connectivity index (χ1) is 19.9. The molecule has 1 atom stereocenters. The number of aryl methyl sites for hydroxylation is 1. The van der Waals surface area contributed by atoms with Gasteiger partial charge in [0.05, 0.1) is 18.2 Å². The van der Waals surface area contributed by atoms with E-state index in [2.05, 4.69) is 4.98 Å². The van der Waals surface area contributed by atoms with Gasteiger partial charge in [0.2, 0.25) is 0 Å². The number of likely N-dealkylation sites (tertiary alicyclic amines) is 1. The summed E-state index contributed by atoms with van der Waals surface area (Å²) in [5.41, 5.74) is 3.72. The minimum atomic E-state index is -0.924. The maximum Gasteiger partial charge on any atom is 0.295 e. The number of aliphatic hydroxyl groups is 1. The van der Waals surface area contributed by atoms with Crippen molar-refractivity contribution < 1.29 is 29.3 Å². The molecule has 0 bridgehead atoms. The zero-order valence-electron chi connectivity index (χ0n) is 22.8. The molecule has 1 saturated heterocycles. The van der Waals surface area contributed by atoms with Crippen LogP contribution in [0.1, 0.15) is 40.8 Å². The van der Waals surface area contributed by atoms with Crippen molar-refractivity contribution in [3.05, 3.63) is 125 Å². The molecule has 1 amide bonds. The molecule has 3 aromatic carbocycles. The molecule has 1 aliphatic rings. The minimum absolute atomic E-state index is 0.0550. The van der Waals surface area contributed by atoms with Crippen molar-refractivity contribution in [3.63, 3.8) is 0 Å². The maximum atomic E-state index is 13.4. The zero-order valence-corrected chi connectivity index (χ0v) is 22.8. The molecule has 2 N–H and O–H groups in total. The number of hydrogen-bond donors (Lipinski definition) is 2. The van der Waals surface area contributed by atoms with Crippen molar-refractivity contribution in [1.29, 1.82) is 0 Å². The van der Waals surface area contributed by atoms with Crippen LogP contribution in [0.15, 0.2) is 96.8 Å². The van der Waals surface area contributed by atoms with E-state index in [9.17, 15) is 19.8 Å². The van der Waals surface area contributed by atoms with Gasteiger partial charge in [0, 0.05) is 24.5 Å². The van der Waals surface area contributed by atoms with E-state index in [1.54, 1.807) is 61.8 Å². The molecule has 0 saturated carbocycles. The third-order valence-corrected chi connectivity index (χ3v) is 7.00. The van der Waals surface area contributed by atoms with Gasteiger partial charge in [-0.25, -0.2) is 0 Å². The predicted octanol–water partition coefficient (Wildman–Crippen LogP) is 5.70. The van der Waals surface area contributed by atoms with Gasteiger partial charge in [-0.3, -0.25) is 14.6 Å². The average molecular weight is 551 g/mol. The van der Waals surface area contributed by atoms with Crippen molar-refractivity contribution in [3.8, 4) is 17.2 Å². The molecule has 8 heteroatoms. The van der Waals surface area contributed by atoms with Gasteiger partial charge in [0.25, 0.3) is 11.7 Å². The van der Waals surface area contributed by atoms with E-state index in [-0.39, 0.29) is 29.4 Å². The molecule has 1 fully saturated rings. The number of nitrogens with zero attached hydrogens (tertiary/aromatic N) is 2. The molecule has 208 valence electrons. The number of carbonyl (C=O) groups excluding carboxylic acids is 2. The predicted molar refractivity (Wildman–Crippen MR) is 153 cm³/mol. The molecule has 1 aromatic heterocycles. The first kappa shape index (κ1) is 27.5. The largest absolute Gasteiger partial charge is 0.507 e. The summed E-state index contributed by atoms with van der Waals surface area (Å²) in [5.74, 6) is -1.11. The molecule has 0 aliphatic carbocycles. The molecule has 4 aromatic rings. The van der Waals surface area contributed by atoms with Crippen molar-refractivity contribution in [2.45, 2.75) is 33.0 Å². The average Bonchev–Trinajstić information content (AvgIpc) is 3.23. The highest BCUT2D eigenvalue weighted by atomic mass is 16.5. The Morgan fingerprint density at radius 2 is 1.76 bits per heavy atom. The number of rotatable bonds is 9. The highest BCUT2D eigenvalue weighted by molar-refractivity contribution is 6.46. The number of aromatic hydroxyl groups is 1. The van der Waals surface area contributed by atoms with Gasteiger partial charge in [0.15, 0.2) is 11.5 Å². The van der Waals surface area contributed by atoms with Crippen LogP contribution in [-0.2, 0) is 22.7 Å². The fourth-order valence-corrected chi connectivity index (χ4v) is 4.85. The van der Waals surface area contributed by atoms with Gasteiger partial charge in [-0.2, -0.15) is 0 Å². The monoisotopic (exact) mass is 550 g/mol. The standard InChI is InChI=1S/C33H30N2O6/c1-3-40-28-17-24(12-15-27(28)36)30-29(32(38)33(39)35(30)19-22-8-6-16-34-18-22)31(37)23-10-13-26(14-11-23)41-20-25-9-5-4-7-21(25)2/h4-18,30,36-37H,3,19-20H2,1-2H3/b31-29+. The number of hydrogen-bond acceptors (Lipinski definition) is 7. The number of amides is 1. The highest BCUT2D eigenvalue weighted by Crippen LogP contribution is 2.42. The summed E-state index contributed by atoms with van der Waals surface area (Å²) in [6, 6.07) is 21.9. The van der Waals surface area contributed by atoms with Crippen molar-refractivity contribution in [1.82, 2.24) is 9.88 Å². The number of carbonyl (C=O) groups is 2. The number of aromatic nitrogens is 1. The number of Topliss-reactive ketones (excluding diaryl/α,β-unsaturated/α-hetero) is 1. The quantitative estimate of drug-likeness (QED) is 0.156. The van der Waals surface area contributed by atoms with Gasteiger partial charge in [-0.15, -0.1) is 0 Å². The Labute approximate surface area is 238 Å². The number of benzene rings is 3. The summed E-state index contributed by atoms with van der Waals surface area (Å²) in [5, 5.41) is 21.7. The number of pyridine rings is 1. The number of aliphatic hydroxyl groups excluding tert-OH is 1. The molecule has 2 heterocycles. The van der Waals surface area contributed by atoms with Crippen LogP contribution in [0.5, 0.6) is 17.2 Å². The molecule has 0 spiro atoms. The Hall–Kier alpha value is -5.11. The van der Waals surface area contributed by atoms with E-state index in [1.807, 2.05) is 37.3 Å². The van der Waals surface area contributed by atoms with E-state index in [0.29, 0.717) is 30.1 Å². The van der Waals surface area contributed by atoms with E-state index in [0.717, 1.165) is 16.7 Å². The fraction of sp³-hybridized carbons (Fsp3) is 0.182. The SMILES string of the molecule is CCOc1cc(C2/C(=C(\O)c3ccc(OCc4ccccc4C)cc3)C(=O)C(=O)N2Cc2cccnc2)ccc1O. The normalized spacial score (nSPS) is 16.1. The summed E-state index contributed by atoms with van der Waals surface area (Å²) in [7, 11) is 0. The van der Waals surface area contributed by atoms with E-state index in [1.165, 1.54) is 11.0 Å². The Balaban J connectivity index is 1.51. The topological polar surface area (TPSA) is 109 Å². The Kier molecular flexibility index (Phi) is 8.01. The van der Waals surface area contributed by atoms with Crippen LogP contribution in [0.3, 0.4) is 0 Å². The second kappa shape index (κ2) is 12.0. The molecule has 1 aliphatic heterocycles. The van der Waals surface area contributed by atoms with E-state index in [4.69, 9.17) is 9.47 Å². The first-order valence-corrected chi connectivity index (χ1v) is 13.3. The molecule has 41 heavy (non-hydrogen) atoms. The Morgan fingerprint density at radius 1 is 0.976 bits per heavy atom. The van der Waals surface area contributed by atoms with Crippen LogP contribution < -0.4 is 9.47 Å². The van der Waals surface area contributed by atoms with E-state index < -0.39 is 17.7 Å². The molecule has 5 rings (SSSR count). The number of ether oxygens (including phenoxy) is 2. The van der Waals surface area contributed by atoms with Crippen molar-refractivity contribution in [2.75, 3.05) is 6.61 Å². The molecular weight excluding hydrogens is 520 g/mol. The van der Waals surface area contributed by atoms with Crippen LogP contribution in [0.2, 0.25) is 0 Å². The molecule has 8 nitrogen and oxygen atoms in total. The highest BCUT2D eigenvalue weighted by Gasteiger charge is 2.46. The summed E-state index contributed by atoms with van der Waals surface area (Å²) >= 11 is 0. The number of phenolic OH excluding ortho intramolecular Hbond substituents is 1. The third-order valence-electron chi connectivity index (χ3n) is 7.00. The van der Waals surface area contributed by atoms with Gasteiger partial charge >= 0.3 is 0 Å². The second-order valence-corrected chi connectivity index (χ2v) is 9.69. The zero-order chi connectivity index (χ0) is 28.9. The van der Waals surface area contributed by atoms with Gasteiger partial charge in [-0.1, -0.05) is 36.4 Å². The summed E-state index contributed by atoms with van der Waals surface area (Å²) in [6.07, 6.45) is 3.24. The van der Waals surface area contributed by atoms with Gasteiger partial charge < -0.3 is 24.6 Å². The number of phenols is 1. The molecular formula is C33H30N2O6. The number of ketones is 1. The summed E-state index contributed by atoms with van der Waals surface area (Å²) in [6.45, 7) is 4.60. The van der Waals surface area contributed by atoms with Crippen LogP contribution in [0.25, 0.3) is 5.76 Å². The lowest BCUT2D eigenvalue weighted by Gasteiger charge is -2.26. The third kappa shape index (κ3) is 5.77. The van der Waals surface area contributed by atoms with Crippen molar-refractivity contribution in [2.24, 2.45) is 0 Å². The molecule has 0 radical (unpaired) electrons. The minimum Gasteiger partial charge on any atom is -0.507 e. The van der Waals surface area contributed by atoms with Gasteiger partial charge in [0.1, 0.15) is 18.1 Å². The molecule has 1 unspecified atom stereocenters. The van der Waals surface area contributed by atoms with Crippen LogP contribution >= 0.6 is 0 Å². The van der Waals surface area contributed by atoms with Crippen LogP contribution in [0.4, 0.5) is 0 Å². The lowest BCUT2D eigenvalue weighted by atomic mass is 9.94. The van der Waals surface area contributed by atoms with Crippen LogP contribution in [0, 0.1) is 6.92 Å². The smallest absolute Gasteiger partial charge is 0.295 e. The van der Waals surface area contributed by atoms with E-state index >= 15 is 0 Å². The second-order valence-electron chi connectivity index (χ2n) is 9.69. The Morgan fingerprint density at radius 3 is 2.46 bits per heavy atom. The lowest BCUT2D eigenvalue weighted by Crippen LogP contribution is -2.29. The van der Waals surface area contributed by atoms with Gasteiger partial charge in [-0.05, 0) is 78.6 Å².